The van der Waals surface area contributed by atoms with Gasteiger partial charge in [0.2, 0.25) is 0 Å². The van der Waals surface area contributed by atoms with E-state index < -0.39 is 0 Å². The number of ether oxygens (including phenoxy) is 1. The van der Waals surface area contributed by atoms with E-state index >= 15 is 0 Å². The average molecular weight is 292 g/mol. The van der Waals surface area contributed by atoms with Crippen LogP contribution in [0.1, 0.15) is 44.4 Å². The smallest absolute Gasteiger partial charge is 0.0589 e. The summed E-state index contributed by atoms with van der Waals surface area (Å²) in [5.74, 6) is 0. The minimum Gasteiger partial charge on any atom is -0.383 e. The second-order valence-electron chi connectivity index (χ2n) is 6.00. The van der Waals surface area contributed by atoms with Gasteiger partial charge >= 0.3 is 0 Å². The highest BCUT2D eigenvalue weighted by Crippen LogP contribution is 2.17. The molecular formula is C18H32N2O. The molecule has 0 aliphatic carbocycles. The van der Waals surface area contributed by atoms with E-state index in [4.69, 9.17) is 4.74 Å². The monoisotopic (exact) mass is 292 g/mol. The summed E-state index contributed by atoms with van der Waals surface area (Å²) in [6, 6.07) is 9.80. The molecule has 0 heterocycles. The number of benzene rings is 1. The maximum Gasteiger partial charge on any atom is 0.0589 e. The second kappa shape index (κ2) is 9.93. The van der Waals surface area contributed by atoms with Gasteiger partial charge in [0.25, 0.3) is 0 Å². The number of aryl methyl sites for hydroxylation is 1. The van der Waals surface area contributed by atoms with Crippen molar-refractivity contribution in [2.45, 2.75) is 46.2 Å². The molecule has 21 heavy (non-hydrogen) atoms. The Balaban J connectivity index is 2.77. The van der Waals surface area contributed by atoms with Crippen LogP contribution in [0.2, 0.25) is 0 Å². The Hall–Kier alpha value is -0.900. The maximum absolute atomic E-state index is 5.24. The second-order valence-corrected chi connectivity index (χ2v) is 6.00. The lowest BCUT2D eigenvalue weighted by atomic mass is 10.0. The third-order valence-electron chi connectivity index (χ3n) is 3.85. The summed E-state index contributed by atoms with van der Waals surface area (Å²) < 4.78 is 5.24. The first-order chi connectivity index (χ1) is 10.1. The molecule has 1 aromatic carbocycles. The molecule has 1 aromatic rings. The van der Waals surface area contributed by atoms with E-state index in [9.17, 15) is 0 Å². The lowest BCUT2D eigenvalue weighted by molar-refractivity contribution is 0.121. The summed E-state index contributed by atoms with van der Waals surface area (Å²) in [6.45, 7) is 12.7. The quantitative estimate of drug-likeness (QED) is 0.715. The van der Waals surface area contributed by atoms with Crippen LogP contribution in [0.4, 0.5) is 0 Å². The van der Waals surface area contributed by atoms with Crippen molar-refractivity contribution in [3.8, 4) is 0 Å². The predicted molar refractivity (Wildman–Crippen MR) is 90.8 cm³/mol. The molecule has 3 nitrogen and oxygen atoms in total. The van der Waals surface area contributed by atoms with Gasteiger partial charge in [0.1, 0.15) is 0 Å². The van der Waals surface area contributed by atoms with Crippen LogP contribution in [0, 0.1) is 6.92 Å². The lowest BCUT2D eigenvalue weighted by Gasteiger charge is -2.31. The van der Waals surface area contributed by atoms with E-state index in [0.717, 1.165) is 32.7 Å². The highest BCUT2D eigenvalue weighted by atomic mass is 16.5. The van der Waals surface area contributed by atoms with Crippen molar-refractivity contribution in [1.82, 2.24) is 10.2 Å². The number of hydrogen-bond acceptors (Lipinski definition) is 3. The molecule has 0 radical (unpaired) electrons. The minimum atomic E-state index is 0.379. The van der Waals surface area contributed by atoms with Gasteiger partial charge in [-0.3, -0.25) is 4.90 Å². The van der Waals surface area contributed by atoms with Crippen LogP contribution in [0.15, 0.2) is 24.3 Å². The van der Waals surface area contributed by atoms with Crippen molar-refractivity contribution < 1.29 is 4.74 Å². The molecule has 1 atom stereocenters. The van der Waals surface area contributed by atoms with Crippen molar-refractivity contribution in [3.05, 3.63) is 35.4 Å². The summed E-state index contributed by atoms with van der Waals surface area (Å²) in [6.07, 6.45) is 1.15. The zero-order chi connectivity index (χ0) is 15.7. The molecule has 0 amide bonds. The van der Waals surface area contributed by atoms with Crippen LogP contribution in [0.3, 0.4) is 0 Å². The molecule has 0 aliphatic heterocycles. The highest BCUT2D eigenvalue weighted by molar-refractivity contribution is 5.24. The van der Waals surface area contributed by atoms with Crippen LogP contribution in [-0.4, -0.2) is 44.3 Å². The van der Waals surface area contributed by atoms with Crippen LogP contribution < -0.4 is 5.32 Å². The van der Waals surface area contributed by atoms with E-state index in [0.29, 0.717) is 12.1 Å². The summed E-state index contributed by atoms with van der Waals surface area (Å²) in [5.41, 5.74) is 2.69. The highest BCUT2D eigenvalue weighted by Gasteiger charge is 2.17. The first-order valence-electron chi connectivity index (χ1n) is 8.11. The molecule has 0 saturated carbocycles. The molecule has 0 bridgehead atoms. The molecule has 0 aromatic heterocycles. The third kappa shape index (κ3) is 6.60. The molecule has 0 fully saturated rings. The molecule has 1 unspecified atom stereocenters. The van der Waals surface area contributed by atoms with Gasteiger partial charge in [-0.05, 0) is 39.3 Å². The van der Waals surface area contributed by atoms with Crippen LogP contribution >= 0.6 is 0 Å². The van der Waals surface area contributed by atoms with E-state index in [2.05, 4.69) is 62.2 Å². The Bertz CT molecular complexity index is 375. The van der Waals surface area contributed by atoms with Gasteiger partial charge in [-0.2, -0.15) is 0 Å². The zero-order valence-corrected chi connectivity index (χ0v) is 14.4. The molecule has 1 rings (SSSR count). The van der Waals surface area contributed by atoms with Gasteiger partial charge < -0.3 is 10.1 Å². The van der Waals surface area contributed by atoms with E-state index in [-0.39, 0.29) is 0 Å². The number of hydrogen-bond donors (Lipinski definition) is 1. The zero-order valence-electron chi connectivity index (χ0n) is 14.4. The minimum absolute atomic E-state index is 0.379. The summed E-state index contributed by atoms with van der Waals surface area (Å²) in [4.78, 5) is 2.48. The fraction of sp³-hybridized carbons (Fsp3) is 0.667. The topological polar surface area (TPSA) is 24.5 Å². The predicted octanol–water partition coefficient (Wildman–Crippen LogP) is 3.39. The SMILES string of the molecule is CCCNC(CN(CCOC)C(C)C)c1ccc(C)cc1. The van der Waals surface area contributed by atoms with Crippen molar-refractivity contribution in [2.75, 3.05) is 33.4 Å². The van der Waals surface area contributed by atoms with Gasteiger partial charge in [-0.15, -0.1) is 0 Å². The van der Waals surface area contributed by atoms with Gasteiger partial charge in [0, 0.05) is 32.3 Å². The molecule has 0 aliphatic rings. The van der Waals surface area contributed by atoms with Crippen LogP contribution in [0.5, 0.6) is 0 Å². The molecule has 0 spiro atoms. The van der Waals surface area contributed by atoms with Crippen molar-refractivity contribution in [2.24, 2.45) is 0 Å². The van der Waals surface area contributed by atoms with Crippen LogP contribution in [0.25, 0.3) is 0 Å². The molecule has 1 N–H and O–H groups in total. The molecule has 0 saturated heterocycles. The van der Waals surface area contributed by atoms with Gasteiger partial charge in [-0.1, -0.05) is 36.8 Å². The lowest BCUT2D eigenvalue weighted by Crippen LogP contribution is -2.41. The summed E-state index contributed by atoms with van der Waals surface area (Å²) in [7, 11) is 1.77. The fourth-order valence-electron chi connectivity index (χ4n) is 2.41. The number of rotatable bonds is 10. The molecular weight excluding hydrogens is 260 g/mol. The summed E-state index contributed by atoms with van der Waals surface area (Å²) in [5, 5.41) is 3.68. The van der Waals surface area contributed by atoms with Gasteiger partial charge in [0.15, 0.2) is 0 Å². The van der Waals surface area contributed by atoms with Crippen molar-refractivity contribution in [3.63, 3.8) is 0 Å². The van der Waals surface area contributed by atoms with E-state index in [1.807, 2.05) is 0 Å². The van der Waals surface area contributed by atoms with Gasteiger partial charge in [-0.25, -0.2) is 0 Å². The van der Waals surface area contributed by atoms with E-state index in [1.165, 1.54) is 11.1 Å². The van der Waals surface area contributed by atoms with Crippen molar-refractivity contribution in [1.29, 1.82) is 0 Å². The molecule has 120 valence electrons. The van der Waals surface area contributed by atoms with Crippen LogP contribution in [-0.2, 0) is 4.74 Å². The summed E-state index contributed by atoms with van der Waals surface area (Å²) >= 11 is 0. The molecule has 3 heteroatoms. The Morgan fingerprint density at radius 1 is 1.19 bits per heavy atom. The number of methoxy groups -OCH3 is 1. The number of nitrogens with zero attached hydrogens (tertiary/aromatic N) is 1. The van der Waals surface area contributed by atoms with E-state index in [1.54, 1.807) is 7.11 Å². The van der Waals surface area contributed by atoms with Gasteiger partial charge in [0.05, 0.1) is 6.61 Å². The Labute approximate surface area is 130 Å². The number of nitrogens with one attached hydrogen (secondary N) is 1. The average Bonchev–Trinajstić information content (AvgIpc) is 2.47. The first kappa shape index (κ1) is 18.1. The van der Waals surface area contributed by atoms with Crippen molar-refractivity contribution >= 4 is 0 Å². The largest absolute Gasteiger partial charge is 0.383 e. The normalized spacial score (nSPS) is 13.1. The Kier molecular flexibility index (Phi) is 8.58. The third-order valence-corrected chi connectivity index (χ3v) is 3.85. The maximum atomic E-state index is 5.24. The standard InChI is InChI=1S/C18H32N2O/c1-6-11-19-18(17-9-7-16(4)8-10-17)14-20(15(2)3)12-13-21-5/h7-10,15,18-19H,6,11-14H2,1-5H3. The Morgan fingerprint density at radius 2 is 1.86 bits per heavy atom. The first-order valence-corrected chi connectivity index (χ1v) is 8.11. The fourth-order valence-corrected chi connectivity index (χ4v) is 2.41. The Morgan fingerprint density at radius 3 is 2.38 bits per heavy atom.